The minimum atomic E-state index is -4.69. The van der Waals surface area contributed by atoms with Gasteiger partial charge in [-0.1, -0.05) is 0 Å². The average Bonchev–Trinajstić information content (AvgIpc) is 3.06. The van der Waals surface area contributed by atoms with Crippen LogP contribution in [0.4, 0.5) is 18.9 Å². The maximum atomic E-state index is 13.3. The number of rotatable bonds is 3. The summed E-state index contributed by atoms with van der Waals surface area (Å²) in [5.74, 6) is -2.28. The van der Waals surface area contributed by atoms with Gasteiger partial charge in [-0.25, -0.2) is 4.79 Å². The van der Waals surface area contributed by atoms with Gasteiger partial charge in [-0.05, 0) is 24.6 Å². The number of carbonyl (C=O) groups excluding carboxylic acids is 2. The number of aliphatic carboxylic acids is 1. The fourth-order valence-electron chi connectivity index (χ4n) is 3.14. The zero-order chi connectivity index (χ0) is 19.8. The van der Waals surface area contributed by atoms with Crippen LogP contribution in [0.3, 0.4) is 0 Å². The number of alkyl halides is 3. The third-order valence-electron chi connectivity index (χ3n) is 4.51. The lowest BCUT2D eigenvalue weighted by Crippen LogP contribution is -2.48. The van der Waals surface area contributed by atoms with E-state index in [0.29, 0.717) is 6.42 Å². The van der Waals surface area contributed by atoms with Gasteiger partial charge >= 0.3 is 12.1 Å². The van der Waals surface area contributed by atoms with E-state index in [-0.39, 0.29) is 49.8 Å². The van der Waals surface area contributed by atoms with Crippen LogP contribution in [0.2, 0.25) is 0 Å². The molecule has 1 unspecified atom stereocenters. The Hall–Kier alpha value is -2.62. The number of morpholine rings is 1. The Balaban J connectivity index is 1.94. The summed E-state index contributed by atoms with van der Waals surface area (Å²) >= 11 is 0. The Morgan fingerprint density at radius 3 is 2.52 bits per heavy atom. The van der Waals surface area contributed by atoms with E-state index in [4.69, 9.17) is 9.84 Å². The van der Waals surface area contributed by atoms with Crippen molar-refractivity contribution in [3.05, 3.63) is 29.3 Å². The van der Waals surface area contributed by atoms with Crippen LogP contribution in [-0.4, -0.2) is 60.1 Å². The average molecular weight is 386 g/mol. The monoisotopic (exact) mass is 386 g/mol. The number of hydrogen-bond acceptors (Lipinski definition) is 4. The van der Waals surface area contributed by atoms with Crippen LogP contribution in [-0.2, 0) is 20.5 Å². The molecule has 0 saturated carbocycles. The molecule has 3 rings (SSSR count). The van der Waals surface area contributed by atoms with Crippen LogP contribution in [0.25, 0.3) is 0 Å². The van der Waals surface area contributed by atoms with E-state index in [0.717, 1.165) is 17.0 Å². The highest BCUT2D eigenvalue weighted by atomic mass is 19.4. The molecule has 27 heavy (non-hydrogen) atoms. The molecule has 0 spiro atoms. The quantitative estimate of drug-likeness (QED) is 0.856. The van der Waals surface area contributed by atoms with Gasteiger partial charge in [0.25, 0.3) is 5.91 Å². The number of anilines is 1. The van der Waals surface area contributed by atoms with Crippen molar-refractivity contribution in [1.82, 2.24) is 4.90 Å². The van der Waals surface area contributed by atoms with Crippen LogP contribution >= 0.6 is 0 Å². The van der Waals surface area contributed by atoms with Gasteiger partial charge < -0.3 is 19.6 Å². The Morgan fingerprint density at radius 2 is 1.93 bits per heavy atom. The highest BCUT2D eigenvalue weighted by Gasteiger charge is 2.35. The number of hydrogen-bond donors (Lipinski definition) is 1. The van der Waals surface area contributed by atoms with Gasteiger partial charge in [-0.2, -0.15) is 13.2 Å². The fourth-order valence-corrected chi connectivity index (χ4v) is 3.14. The Labute approximate surface area is 152 Å². The van der Waals surface area contributed by atoms with E-state index < -0.39 is 29.7 Å². The zero-order valence-corrected chi connectivity index (χ0v) is 14.2. The second-order valence-electron chi connectivity index (χ2n) is 6.36. The van der Waals surface area contributed by atoms with Crippen molar-refractivity contribution in [3.8, 4) is 0 Å². The summed E-state index contributed by atoms with van der Waals surface area (Å²) in [6, 6.07) is 2.81. The first-order valence-electron chi connectivity index (χ1n) is 8.33. The molecule has 1 aromatic rings. The zero-order valence-electron chi connectivity index (χ0n) is 14.2. The summed E-state index contributed by atoms with van der Waals surface area (Å²) in [6.07, 6.45) is -5.15. The molecule has 146 valence electrons. The van der Waals surface area contributed by atoms with Gasteiger partial charge in [0.15, 0.2) is 6.10 Å². The van der Waals surface area contributed by atoms with Gasteiger partial charge in [0.05, 0.1) is 18.7 Å². The summed E-state index contributed by atoms with van der Waals surface area (Å²) in [6.45, 7) is 0.0603. The van der Waals surface area contributed by atoms with Crippen LogP contribution in [0.15, 0.2) is 18.2 Å². The normalized spacial score (nSPS) is 20.9. The summed E-state index contributed by atoms with van der Waals surface area (Å²) in [4.78, 5) is 38.0. The highest BCUT2D eigenvalue weighted by molar-refractivity contribution is 5.99. The van der Waals surface area contributed by atoms with Crippen LogP contribution in [0, 0.1) is 0 Å². The highest BCUT2D eigenvalue weighted by Crippen LogP contribution is 2.34. The molecule has 2 aliphatic rings. The van der Waals surface area contributed by atoms with E-state index in [1.807, 2.05) is 0 Å². The van der Waals surface area contributed by atoms with Gasteiger partial charge in [0, 0.05) is 30.8 Å². The number of halogens is 3. The lowest BCUT2D eigenvalue weighted by molar-refractivity contribution is -0.154. The number of nitrogens with zero attached hydrogens (tertiary/aromatic N) is 2. The van der Waals surface area contributed by atoms with Crippen LogP contribution < -0.4 is 4.90 Å². The number of amides is 2. The first-order chi connectivity index (χ1) is 12.7. The van der Waals surface area contributed by atoms with Crippen molar-refractivity contribution in [3.63, 3.8) is 0 Å². The predicted molar refractivity (Wildman–Crippen MR) is 86.3 cm³/mol. The predicted octanol–water partition coefficient (Wildman–Crippen LogP) is 1.76. The first kappa shape index (κ1) is 19.2. The number of carbonyl (C=O) groups is 3. The van der Waals surface area contributed by atoms with Gasteiger partial charge in [-0.15, -0.1) is 0 Å². The molecule has 1 aromatic carbocycles. The minimum absolute atomic E-state index is 0.0127. The molecule has 1 N–H and O–H groups in total. The molecule has 2 amide bonds. The topological polar surface area (TPSA) is 87.2 Å². The second kappa shape index (κ2) is 7.18. The molecular weight excluding hydrogens is 369 g/mol. The number of carboxylic acids is 1. The minimum Gasteiger partial charge on any atom is -0.479 e. The Kier molecular flexibility index (Phi) is 5.09. The number of benzene rings is 1. The molecule has 2 fully saturated rings. The number of ether oxygens (including phenoxy) is 1. The Morgan fingerprint density at radius 1 is 1.19 bits per heavy atom. The molecule has 1 atom stereocenters. The number of carboxylic acid groups (broad SMARTS) is 1. The summed E-state index contributed by atoms with van der Waals surface area (Å²) in [5, 5.41) is 9.02. The van der Waals surface area contributed by atoms with E-state index in [1.165, 1.54) is 11.0 Å². The third kappa shape index (κ3) is 4.05. The standard InChI is InChI=1S/C17H17F3N2O5/c18-17(19,20)11-6-10(7-12(8-11)22-3-1-2-14(22)23)15(24)21-4-5-27-13(9-21)16(25)26/h6-8,13H,1-5,9H2,(H,25,26). The lowest BCUT2D eigenvalue weighted by Gasteiger charge is -2.31. The molecule has 0 radical (unpaired) electrons. The molecule has 0 aliphatic carbocycles. The second-order valence-corrected chi connectivity index (χ2v) is 6.36. The molecule has 10 heteroatoms. The van der Waals surface area contributed by atoms with E-state index in [9.17, 15) is 27.6 Å². The van der Waals surface area contributed by atoms with E-state index >= 15 is 0 Å². The largest absolute Gasteiger partial charge is 0.479 e. The van der Waals surface area contributed by atoms with E-state index in [1.54, 1.807) is 0 Å². The van der Waals surface area contributed by atoms with Crippen molar-refractivity contribution in [2.45, 2.75) is 25.1 Å². The van der Waals surface area contributed by atoms with Crippen molar-refractivity contribution >= 4 is 23.5 Å². The fraction of sp³-hybridized carbons (Fsp3) is 0.471. The third-order valence-corrected chi connectivity index (χ3v) is 4.51. The molecular formula is C17H17F3N2O5. The van der Waals surface area contributed by atoms with Gasteiger partial charge in [0.1, 0.15) is 0 Å². The summed E-state index contributed by atoms with van der Waals surface area (Å²) in [7, 11) is 0. The SMILES string of the molecule is O=C(O)C1CN(C(=O)c2cc(N3CCCC3=O)cc(C(F)(F)F)c2)CCO1. The molecule has 7 nitrogen and oxygen atoms in total. The van der Waals surface area contributed by atoms with Crippen molar-refractivity contribution in [2.24, 2.45) is 0 Å². The summed E-state index contributed by atoms with van der Waals surface area (Å²) < 4.78 is 44.9. The maximum absolute atomic E-state index is 13.3. The molecule has 0 aromatic heterocycles. The first-order valence-corrected chi connectivity index (χ1v) is 8.33. The van der Waals surface area contributed by atoms with Crippen molar-refractivity contribution in [1.29, 1.82) is 0 Å². The molecule has 2 aliphatic heterocycles. The smallest absolute Gasteiger partial charge is 0.416 e. The van der Waals surface area contributed by atoms with Gasteiger partial charge in [-0.3, -0.25) is 9.59 Å². The molecule has 0 bridgehead atoms. The molecule has 2 saturated heterocycles. The molecule has 2 heterocycles. The van der Waals surface area contributed by atoms with Crippen LogP contribution in [0.5, 0.6) is 0 Å². The Bertz CT molecular complexity index is 780. The van der Waals surface area contributed by atoms with Crippen molar-refractivity contribution < 1.29 is 37.4 Å². The van der Waals surface area contributed by atoms with Gasteiger partial charge in [0.2, 0.25) is 5.91 Å². The van der Waals surface area contributed by atoms with Crippen LogP contribution in [0.1, 0.15) is 28.8 Å². The van der Waals surface area contributed by atoms with Crippen molar-refractivity contribution in [2.75, 3.05) is 31.1 Å². The van der Waals surface area contributed by atoms with E-state index in [2.05, 4.69) is 0 Å². The lowest BCUT2D eigenvalue weighted by atomic mass is 10.1. The summed E-state index contributed by atoms with van der Waals surface area (Å²) in [5.41, 5.74) is -1.27. The maximum Gasteiger partial charge on any atom is 0.416 e.